The van der Waals surface area contributed by atoms with Crippen LogP contribution in [0.3, 0.4) is 0 Å². The number of hydrogen-bond acceptors (Lipinski definition) is 5. The van der Waals surface area contributed by atoms with E-state index in [1.807, 2.05) is 19.9 Å². The summed E-state index contributed by atoms with van der Waals surface area (Å²) in [6.07, 6.45) is 3.00. The fourth-order valence-corrected chi connectivity index (χ4v) is 1.56. The van der Waals surface area contributed by atoms with E-state index in [-0.39, 0.29) is 5.84 Å². The number of nitrogens with two attached hydrogens (primary N) is 1. The van der Waals surface area contributed by atoms with E-state index in [1.165, 1.54) is 12.4 Å². The summed E-state index contributed by atoms with van der Waals surface area (Å²) >= 11 is 0. The second-order valence-corrected chi connectivity index (χ2v) is 3.55. The number of hydrogen-bond donors (Lipinski definition) is 2. The summed E-state index contributed by atoms with van der Waals surface area (Å²) in [6.45, 7) is 3.77. The first-order valence-electron chi connectivity index (χ1n) is 4.96. The molecule has 0 saturated heterocycles. The quantitative estimate of drug-likeness (QED) is 0.337. The van der Waals surface area contributed by atoms with Gasteiger partial charge in [0.25, 0.3) is 0 Å². The second kappa shape index (κ2) is 4.20. The zero-order valence-corrected chi connectivity index (χ0v) is 9.49. The predicted octanol–water partition coefficient (Wildman–Crippen LogP) is 0.374. The largest absolute Gasteiger partial charge is 0.409 e. The Morgan fingerprint density at radius 3 is 2.65 bits per heavy atom. The van der Waals surface area contributed by atoms with Gasteiger partial charge in [-0.15, -0.1) is 0 Å². The molecule has 88 valence electrons. The van der Waals surface area contributed by atoms with Crippen molar-refractivity contribution in [2.75, 3.05) is 0 Å². The van der Waals surface area contributed by atoms with E-state index < -0.39 is 0 Å². The van der Waals surface area contributed by atoms with Crippen molar-refractivity contribution in [1.29, 1.82) is 0 Å². The van der Waals surface area contributed by atoms with Crippen LogP contribution in [0.5, 0.6) is 0 Å². The minimum absolute atomic E-state index is 0.0966. The Kier molecular flexibility index (Phi) is 2.73. The number of aromatic nitrogens is 4. The molecule has 0 unspecified atom stereocenters. The van der Waals surface area contributed by atoms with E-state index >= 15 is 0 Å². The molecular formula is C10H12N6O. The lowest BCUT2D eigenvalue weighted by molar-refractivity contribution is 0.318. The van der Waals surface area contributed by atoms with Gasteiger partial charge in [0.1, 0.15) is 0 Å². The van der Waals surface area contributed by atoms with Crippen molar-refractivity contribution in [3.8, 4) is 5.82 Å². The van der Waals surface area contributed by atoms with Crippen molar-refractivity contribution in [1.82, 2.24) is 19.7 Å². The first-order valence-corrected chi connectivity index (χ1v) is 4.96. The van der Waals surface area contributed by atoms with Crippen LogP contribution < -0.4 is 5.73 Å². The van der Waals surface area contributed by atoms with Crippen molar-refractivity contribution in [3.63, 3.8) is 0 Å². The summed E-state index contributed by atoms with van der Waals surface area (Å²) in [6, 6.07) is 1.91. The Balaban J connectivity index is 2.64. The highest BCUT2D eigenvalue weighted by molar-refractivity contribution is 5.97. The third-order valence-electron chi connectivity index (χ3n) is 2.24. The highest BCUT2D eigenvalue weighted by Crippen LogP contribution is 2.12. The lowest BCUT2D eigenvalue weighted by atomic mass is 10.3. The summed E-state index contributed by atoms with van der Waals surface area (Å²) in [5.41, 5.74) is 7.60. The molecule has 0 spiro atoms. The molecule has 17 heavy (non-hydrogen) atoms. The molecule has 0 radical (unpaired) electrons. The van der Waals surface area contributed by atoms with Crippen molar-refractivity contribution in [2.24, 2.45) is 10.9 Å². The topological polar surface area (TPSA) is 102 Å². The molecule has 2 heterocycles. The molecule has 0 aliphatic heterocycles. The van der Waals surface area contributed by atoms with E-state index in [1.54, 1.807) is 4.68 Å². The van der Waals surface area contributed by atoms with Crippen LogP contribution >= 0.6 is 0 Å². The molecule has 0 atom stereocenters. The van der Waals surface area contributed by atoms with Crippen LogP contribution in [-0.2, 0) is 0 Å². The highest BCUT2D eigenvalue weighted by Gasteiger charge is 2.14. The number of nitrogens with zero attached hydrogens (tertiary/aromatic N) is 5. The number of aryl methyl sites for hydroxylation is 2. The molecule has 0 aromatic carbocycles. The van der Waals surface area contributed by atoms with E-state index in [0.29, 0.717) is 11.5 Å². The van der Waals surface area contributed by atoms with Crippen molar-refractivity contribution >= 4 is 5.84 Å². The van der Waals surface area contributed by atoms with Crippen LogP contribution in [0.15, 0.2) is 23.6 Å². The Labute approximate surface area is 97.6 Å². The number of amidine groups is 1. The van der Waals surface area contributed by atoms with E-state index in [4.69, 9.17) is 10.9 Å². The van der Waals surface area contributed by atoms with Crippen LogP contribution in [0, 0.1) is 13.8 Å². The summed E-state index contributed by atoms with van der Waals surface area (Å²) < 4.78 is 1.61. The van der Waals surface area contributed by atoms with Crippen LogP contribution in [0.2, 0.25) is 0 Å². The Bertz CT molecular complexity index is 574. The maximum Gasteiger partial charge on any atom is 0.192 e. The Morgan fingerprint density at radius 1 is 1.35 bits per heavy atom. The third kappa shape index (κ3) is 1.94. The molecule has 7 heteroatoms. The summed E-state index contributed by atoms with van der Waals surface area (Å²) in [5.74, 6) is 0.342. The number of oxime groups is 1. The van der Waals surface area contributed by atoms with Crippen LogP contribution in [0.4, 0.5) is 0 Å². The molecule has 0 saturated carbocycles. The van der Waals surface area contributed by atoms with Gasteiger partial charge in [-0.25, -0.2) is 14.6 Å². The Hall–Kier alpha value is -2.44. The first-order chi connectivity index (χ1) is 8.13. The molecule has 0 amide bonds. The molecule has 2 aromatic heterocycles. The van der Waals surface area contributed by atoms with Crippen LogP contribution in [0.1, 0.15) is 17.1 Å². The monoisotopic (exact) mass is 232 g/mol. The molecule has 3 N–H and O–H groups in total. The van der Waals surface area contributed by atoms with E-state index in [2.05, 4.69) is 20.2 Å². The van der Waals surface area contributed by atoms with Gasteiger partial charge in [0, 0.05) is 18.1 Å². The van der Waals surface area contributed by atoms with E-state index in [9.17, 15) is 0 Å². The Morgan fingerprint density at radius 2 is 2.06 bits per heavy atom. The molecule has 0 aliphatic carbocycles. The fraction of sp³-hybridized carbons (Fsp3) is 0.200. The van der Waals surface area contributed by atoms with Crippen LogP contribution in [0.25, 0.3) is 5.82 Å². The normalized spacial score (nSPS) is 11.8. The molecule has 0 fully saturated rings. The second-order valence-electron chi connectivity index (χ2n) is 3.55. The summed E-state index contributed by atoms with van der Waals surface area (Å²) in [7, 11) is 0. The minimum atomic E-state index is -0.0966. The maximum absolute atomic E-state index is 8.70. The van der Waals surface area contributed by atoms with Gasteiger partial charge in [-0.05, 0) is 19.9 Å². The maximum atomic E-state index is 8.70. The lowest BCUT2D eigenvalue weighted by Crippen LogP contribution is -2.20. The zero-order valence-electron chi connectivity index (χ0n) is 9.49. The molecule has 0 aliphatic rings. The summed E-state index contributed by atoms with van der Waals surface area (Å²) in [5, 5.41) is 15.9. The van der Waals surface area contributed by atoms with Crippen molar-refractivity contribution in [2.45, 2.75) is 13.8 Å². The highest BCUT2D eigenvalue weighted by atomic mass is 16.4. The fourth-order valence-electron chi connectivity index (χ4n) is 1.56. The van der Waals surface area contributed by atoms with Crippen molar-refractivity contribution < 1.29 is 5.21 Å². The van der Waals surface area contributed by atoms with Crippen molar-refractivity contribution in [3.05, 3.63) is 35.5 Å². The summed E-state index contributed by atoms with van der Waals surface area (Å²) in [4.78, 5) is 8.20. The molecule has 2 aromatic rings. The van der Waals surface area contributed by atoms with Gasteiger partial charge in [0.15, 0.2) is 17.3 Å². The van der Waals surface area contributed by atoms with Gasteiger partial charge >= 0.3 is 0 Å². The van der Waals surface area contributed by atoms with Gasteiger partial charge in [-0.1, -0.05) is 5.16 Å². The van der Waals surface area contributed by atoms with Gasteiger partial charge in [-0.2, -0.15) is 5.10 Å². The third-order valence-corrected chi connectivity index (χ3v) is 2.24. The van der Waals surface area contributed by atoms with Gasteiger partial charge in [0.05, 0.1) is 5.69 Å². The average Bonchev–Trinajstić information content (AvgIpc) is 2.67. The minimum Gasteiger partial charge on any atom is -0.409 e. The van der Waals surface area contributed by atoms with Gasteiger partial charge in [0.2, 0.25) is 0 Å². The smallest absolute Gasteiger partial charge is 0.192 e. The predicted molar refractivity (Wildman–Crippen MR) is 61.1 cm³/mol. The average molecular weight is 232 g/mol. The SMILES string of the molecule is Cc1cc(C)n(-c2nccnc2C(N)=NO)n1. The van der Waals surface area contributed by atoms with Crippen LogP contribution in [-0.4, -0.2) is 30.8 Å². The zero-order chi connectivity index (χ0) is 12.4. The van der Waals surface area contributed by atoms with Gasteiger partial charge < -0.3 is 10.9 Å². The first kappa shape index (κ1) is 11.1. The number of rotatable bonds is 2. The standard InChI is InChI=1S/C10H12N6O/c1-6-5-7(2)16(14-6)10-8(9(11)15-17)12-3-4-13-10/h3-5,17H,1-2H3,(H2,11,15). The van der Waals surface area contributed by atoms with E-state index in [0.717, 1.165) is 11.4 Å². The van der Waals surface area contributed by atoms with Gasteiger partial charge in [-0.3, -0.25) is 0 Å². The molecule has 2 rings (SSSR count). The lowest BCUT2D eigenvalue weighted by Gasteiger charge is -2.07. The molecule has 0 bridgehead atoms. The molecular weight excluding hydrogens is 220 g/mol. The molecule has 7 nitrogen and oxygen atoms in total.